The van der Waals surface area contributed by atoms with Gasteiger partial charge < -0.3 is 15.3 Å². The van der Waals surface area contributed by atoms with E-state index in [-0.39, 0.29) is 11.6 Å². The zero-order valence-electron chi connectivity index (χ0n) is 11.0. The molecule has 19 heavy (non-hydrogen) atoms. The average molecular weight is 282 g/mol. The first-order valence-corrected chi connectivity index (χ1v) is 7.24. The van der Waals surface area contributed by atoms with Crippen LogP contribution in [0, 0.1) is 0 Å². The SMILES string of the molecule is CSCCNC(=O)N(C)Cc1ccc(C(=O)O)cc1. The highest BCUT2D eigenvalue weighted by Gasteiger charge is 2.08. The maximum absolute atomic E-state index is 11.7. The van der Waals surface area contributed by atoms with Gasteiger partial charge in [0.15, 0.2) is 0 Å². The smallest absolute Gasteiger partial charge is 0.335 e. The third-order valence-corrected chi connectivity index (χ3v) is 3.16. The van der Waals surface area contributed by atoms with E-state index in [1.807, 2.05) is 6.26 Å². The number of amides is 2. The summed E-state index contributed by atoms with van der Waals surface area (Å²) in [5.41, 5.74) is 1.14. The molecule has 1 rings (SSSR count). The van der Waals surface area contributed by atoms with Gasteiger partial charge >= 0.3 is 12.0 Å². The Morgan fingerprint density at radius 1 is 1.32 bits per heavy atom. The van der Waals surface area contributed by atoms with Gasteiger partial charge in [-0.25, -0.2) is 9.59 Å². The Bertz CT molecular complexity index is 434. The highest BCUT2D eigenvalue weighted by atomic mass is 32.2. The van der Waals surface area contributed by atoms with Gasteiger partial charge in [0.25, 0.3) is 0 Å². The summed E-state index contributed by atoms with van der Waals surface area (Å²) in [7, 11) is 1.71. The number of aromatic carboxylic acids is 1. The van der Waals surface area contributed by atoms with Crippen LogP contribution in [0.15, 0.2) is 24.3 Å². The van der Waals surface area contributed by atoms with Crippen LogP contribution < -0.4 is 5.32 Å². The van der Waals surface area contributed by atoms with E-state index in [0.29, 0.717) is 13.1 Å². The Morgan fingerprint density at radius 2 is 1.95 bits per heavy atom. The summed E-state index contributed by atoms with van der Waals surface area (Å²) in [6.45, 7) is 1.09. The Balaban J connectivity index is 2.49. The van der Waals surface area contributed by atoms with Crippen LogP contribution in [0.3, 0.4) is 0 Å². The van der Waals surface area contributed by atoms with Crippen LogP contribution in [0.1, 0.15) is 15.9 Å². The summed E-state index contributed by atoms with van der Waals surface area (Å²) in [5, 5.41) is 11.6. The number of nitrogens with zero attached hydrogens (tertiary/aromatic N) is 1. The maximum Gasteiger partial charge on any atom is 0.335 e. The van der Waals surface area contributed by atoms with Crippen molar-refractivity contribution in [2.45, 2.75) is 6.54 Å². The summed E-state index contributed by atoms with van der Waals surface area (Å²) in [6.07, 6.45) is 1.99. The molecule has 0 aliphatic rings. The van der Waals surface area contributed by atoms with Crippen molar-refractivity contribution in [3.8, 4) is 0 Å². The van der Waals surface area contributed by atoms with E-state index in [9.17, 15) is 9.59 Å². The molecule has 0 saturated heterocycles. The van der Waals surface area contributed by atoms with Crippen LogP contribution >= 0.6 is 11.8 Å². The maximum atomic E-state index is 11.7. The molecule has 1 aromatic rings. The zero-order chi connectivity index (χ0) is 14.3. The lowest BCUT2D eigenvalue weighted by Crippen LogP contribution is -2.37. The van der Waals surface area contributed by atoms with Gasteiger partial charge in [-0.3, -0.25) is 0 Å². The number of thioether (sulfide) groups is 1. The Morgan fingerprint density at radius 3 is 2.47 bits per heavy atom. The van der Waals surface area contributed by atoms with Gasteiger partial charge in [0, 0.05) is 25.9 Å². The highest BCUT2D eigenvalue weighted by molar-refractivity contribution is 7.98. The van der Waals surface area contributed by atoms with Crippen molar-refractivity contribution in [1.82, 2.24) is 10.2 Å². The first-order chi connectivity index (χ1) is 9.04. The van der Waals surface area contributed by atoms with Gasteiger partial charge in [0.2, 0.25) is 0 Å². The second-order valence-corrected chi connectivity index (χ2v) is 5.07. The van der Waals surface area contributed by atoms with Crippen LogP contribution in [0.25, 0.3) is 0 Å². The quantitative estimate of drug-likeness (QED) is 0.782. The fourth-order valence-electron chi connectivity index (χ4n) is 1.49. The molecule has 0 atom stereocenters. The molecular weight excluding hydrogens is 264 g/mol. The van der Waals surface area contributed by atoms with Gasteiger partial charge in [-0.1, -0.05) is 12.1 Å². The van der Waals surface area contributed by atoms with Crippen LogP contribution in [-0.4, -0.2) is 47.6 Å². The Hall–Kier alpha value is -1.69. The number of carbonyl (C=O) groups is 2. The Kier molecular flexibility index (Phi) is 6.21. The van der Waals surface area contributed by atoms with Crippen molar-refractivity contribution in [2.75, 3.05) is 25.6 Å². The van der Waals surface area contributed by atoms with Crippen LogP contribution in [0.5, 0.6) is 0 Å². The lowest BCUT2D eigenvalue weighted by Gasteiger charge is -2.18. The first-order valence-electron chi connectivity index (χ1n) is 5.84. The second kappa shape index (κ2) is 7.68. The van der Waals surface area contributed by atoms with E-state index in [0.717, 1.165) is 11.3 Å². The molecular formula is C13H18N2O3S. The van der Waals surface area contributed by atoms with Gasteiger partial charge in [0.1, 0.15) is 0 Å². The minimum atomic E-state index is -0.949. The lowest BCUT2D eigenvalue weighted by atomic mass is 10.1. The summed E-state index contributed by atoms with van der Waals surface area (Å²) in [4.78, 5) is 24.0. The number of carboxylic acids is 1. The molecule has 1 aromatic carbocycles. The predicted molar refractivity (Wildman–Crippen MR) is 76.6 cm³/mol. The minimum absolute atomic E-state index is 0.128. The van der Waals surface area contributed by atoms with E-state index >= 15 is 0 Å². The number of urea groups is 1. The summed E-state index contributed by atoms with van der Waals surface area (Å²) in [6, 6.07) is 6.38. The van der Waals surface area contributed by atoms with E-state index in [4.69, 9.17) is 5.11 Å². The van der Waals surface area contributed by atoms with Crippen molar-refractivity contribution in [3.63, 3.8) is 0 Å². The van der Waals surface area contributed by atoms with E-state index in [1.54, 1.807) is 35.8 Å². The third kappa shape index (κ3) is 5.21. The number of carboxylic acid groups (broad SMARTS) is 1. The molecule has 0 heterocycles. The average Bonchev–Trinajstić information content (AvgIpc) is 2.39. The van der Waals surface area contributed by atoms with Crippen LogP contribution in [0.4, 0.5) is 4.79 Å². The molecule has 0 unspecified atom stereocenters. The van der Waals surface area contributed by atoms with Crippen molar-refractivity contribution in [3.05, 3.63) is 35.4 Å². The van der Waals surface area contributed by atoms with Gasteiger partial charge in [-0.05, 0) is 24.0 Å². The largest absolute Gasteiger partial charge is 0.478 e. The van der Waals surface area contributed by atoms with Gasteiger partial charge in [-0.2, -0.15) is 11.8 Å². The van der Waals surface area contributed by atoms with Gasteiger partial charge in [-0.15, -0.1) is 0 Å². The molecule has 0 saturated carbocycles. The normalized spacial score (nSPS) is 10.0. The van der Waals surface area contributed by atoms with Crippen LogP contribution in [0.2, 0.25) is 0 Å². The molecule has 0 aliphatic heterocycles. The molecule has 2 amide bonds. The fraction of sp³-hybridized carbons (Fsp3) is 0.385. The molecule has 0 spiro atoms. The van der Waals surface area contributed by atoms with E-state index in [2.05, 4.69) is 5.32 Å². The monoisotopic (exact) mass is 282 g/mol. The number of hydrogen-bond acceptors (Lipinski definition) is 3. The molecule has 0 fully saturated rings. The van der Waals surface area contributed by atoms with E-state index in [1.165, 1.54) is 12.1 Å². The third-order valence-electron chi connectivity index (χ3n) is 2.55. The second-order valence-electron chi connectivity index (χ2n) is 4.08. The van der Waals surface area contributed by atoms with Crippen molar-refractivity contribution in [1.29, 1.82) is 0 Å². The number of benzene rings is 1. The van der Waals surface area contributed by atoms with Crippen molar-refractivity contribution in [2.24, 2.45) is 0 Å². The molecule has 0 bridgehead atoms. The van der Waals surface area contributed by atoms with Crippen LogP contribution in [-0.2, 0) is 6.54 Å². The molecule has 2 N–H and O–H groups in total. The Labute approximate surface area is 117 Å². The molecule has 0 radical (unpaired) electrons. The van der Waals surface area contributed by atoms with E-state index < -0.39 is 5.97 Å². The predicted octanol–water partition coefficient (Wildman–Crippen LogP) is 1.89. The molecule has 104 valence electrons. The summed E-state index contributed by atoms with van der Waals surface area (Å²) < 4.78 is 0. The molecule has 5 nitrogen and oxygen atoms in total. The van der Waals surface area contributed by atoms with Crippen molar-refractivity contribution < 1.29 is 14.7 Å². The minimum Gasteiger partial charge on any atom is -0.478 e. The van der Waals surface area contributed by atoms with Gasteiger partial charge in [0.05, 0.1) is 5.56 Å². The topological polar surface area (TPSA) is 69.6 Å². The number of rotatable bonds is 6. The fourth-order valence-corrected chi connectivity index (χ4v) is 1.80. The summed E-state index contributed by atoms with van der Waals surface area (Å²) >= 11 is 1.67. The zero-order valence-corrected chi connectivity index (χ0v) is 11.9. The van der Waals surface area contributed by atoms with Crippen molar-refractivity contribution >= 4 is 23.8 Å². The number of nitrogens with one attached hydrogen (secondary N) is 1. The number of hydrogen-bond donors (Lipinski definition) is 2. The standard InChI is InChI=1S/C13H18N2O3S/c1-15(13(18)14-7-8-19-2)9-10-3-5-11(6-4-10)12(16)17/h3-6H,7-9H2,1-2H3,(H,14,18)(H,16,17). The number of carbonyl (C=O) groups excluding carboxylic acids is 1. The molecule has 6 heteroatoms. The first kappa shape index (κ1) is 15.4. The molecule has 0 aromatic heterocycles. The highest BCUT2D eigenvalue weighted by Crippen LogP contribution is 2.07. The lowest BCUT2D eigenvalue weighted by molar-refractivity contribution is 0.0697. The molecule has 0 aliphatic carbocycles. The summed E-state index contributed by atoms with van der Waals surface area (Å²) in [5.74, 6) is -0.0675.